The molecule has 5 nitrogen and oxygen atoms in total. The highest BCUT2D eigenvalue weighted by molar-refractivity contribution is 7.88. The van der Waals surface area contributed by atoms with Gasteiger partial charge in [0.2, 0.25) is 10.0 Å². The summed E-state index contributed by atoms with van der Waals surface area (Å²) in [6.07, 6.45) is 0.517. The second-order valence-corrected chi connectivity index (χ2v) is 6.85. The van der Waals surface area contributed by atoms with Crippen LogP contribution in [0.2, 0.25) is 5.02 Å². The van der Waals surface area contributed by atoms with Crippen LogP contribution < -0.4 is 10.0 Å². The summed E-state index contributed by atoms with van der Waals surface area (Å²) in [5, 5.41) is 3.10. The first kappa shape index (κ1) is 15.7. The highest BCUT2D eigenvalue weighted by atomic mass is 35.5. The van der Waals surface area contributed by atoms with Crippen molar-refractivity contribution in [2.24, 2.45) is 0 Å². The third-order valence-corrected chi connectivity index (χ3v) is 3.98. The quantitative estimate of drug-likeness (QED) is 0.873. The van der Waals surface area contributed by atoms with E-state index in [0.29, 0.717) is 25.3 Å². The molecule has 1 aliphatic rings. The average molecular weight is 323 g/mol. The van der Waals surface area contributed by atoms with Crippen LogP contribution in [0.15, 0.2) is 18.2 Å². The van der Waals surface area contributed by atoms with Gasteiger partial charge in [-0.2, -0.15) is 0 Å². The molecule has 0 aliphatic carbocycles. The monoisotopic (exact) mass is 322 g/mol. The van der Waals surface area contributed by atoms with Gasteiger partial charge in [0, 0.05) is 13.1 Å². The van der Waals surface area contributed by atoms with Gasteiger partial charge < -0.3 is 10.1 Å². The Labute approximate surface area is 122 Å². The van der Waals surface area contributed by atoms with Gasteiger partial charge in [0.1, 0.15) is 11.9 Å². The maximum absolute atomic E-state index is 13.6. The van der Waals surface area contributed by atoms with Gasteiger partial charge in [-0.15, -0.1) is 0 Å². The van der Waals surface area contributed by atoms with Crippen LogP contribution in [0.25, 0.3) is 0 Å². The first-order valence-electron chi connectivity index (χ1n) is 6.11. The molecule has 1 aliphatic heterocycles. The van der Waals surface area contributed by atoms with Crippen LogP contribution in [-0.2, 0) is 14.8 Å². The fourth-order valence-corrected chi connectivity index (χ4v) is 3.01. The lowest BCUT2D eigenvalue weighted by Gasteiger charge is -2.25. The summed E-state index contributed by atoms with van der Waals surface area (Å²) in [5.41, 5.74) is 0.553. The second-order valence-electron chi connectivity index (χ2n) is 4.67. The molecular weight excluding hydrogens is 307 g/mol. The van der Waals surface area contributed by atoms with Crippen molar-refractivity contribution in [1.29, 1.82) is 0 Å². The fourth-order valence-electron chi connectivity index (χ4n) is 2.14. The topological polar surface area (TPSA) is 67.4 Å². The molecule has 0 saturated carbocycles. The molecule has 1 saturated heterocycles. The van der Waals surface area contributed by atoms with Gasteiger partial charge in [-0.25, -0.2) is 17.5 Å². The minimum Gasteiger partial charge on any atom is -0.370 e. The van der Waals surface area contributed by atoms with Crippen LogP contribution in [0, 0.1) is 5.82 Å². The Kier molecular flexibility index (Phi) is 4.98. The maximum atomic E-state index is 13.6. The van der Waals surface area contributed by atoms with Gasteiger partial charge in [-0.05, 0) is 17.7 Å². The van der Waals surface area contributed by atoms with Crippen molar-refractivity contribution in [1.82, 2.24) is 10.0 Å². The summed E-state index contributed by atoms with van der Waals surface area (Å²) in [6.45, 7) is 1.42. The molecule has 1 aromatic carbocycles. The third-order valence-electron chi connectivity index (χ3n) is 2.94. The van der Waals surface area contributed by atoms with E-state index in [2.05, 4.69) is 10.0 Å². The van der Waals surface area contributed by atoms with Gasteiger partial charge in [0.25, 0.3) is 0 Å². The van der Waals surface area contributed by atoms with Crippen molar-refractivity contribution in [3.63, 3.8) is 0 Å². The molecule has 0 bridgehead atoms. The summed E-state index contributed by atoms with van der Waals surface area (Å²) in [6, 6.07) is 3.84. The van der Waals surface area contributed by atoms with Gasteiger partial charge in [0.05, 0.1) is 23.9 Å². The molecule has 8 heteroatoms. The number of rotatable bonds is 3. The number of ether oxygens (including phenoxy) is 1. The zero-order chi connectivity index (χ0) is 14.8. The van der Waals surface area contributed by atoms with Crippen LogP contribution in [0.1, 0.15) is 11.7 Å². The molecule has 2 N–H and O–H groups in total. The second kappa shape index (κ2) is 6.36. The summed E-state index contributed by atoms with van der Waals surface area (Å²) in [7, 11) is -3.39. The van der Waals surface area contributed by atoms with Crippen molar-refractivity contribution < 1.29 is 17.5 Å². The fraction of sp³-hybridized carbons (Fsp3) is 0.500. The molecule has 0 spiro atoms. The molecule has 1 aromatic rings. The Hall–Kier alpha value is -0.730. The largest absolute Gasteiger partial charge is 0.370 e. The van der Waals surface area contributed by atoms with E-state index in [1.54, 1.807) is 6.07 Å². The highest BCUT2D eigenvalue weighted by Crippen LogP contribution is 2.26. The average Bonchev–Trinajstić information content (AvgIpc) is 2.56. The van der Waals surface area contributed by atoms with Gasteiger partial charge in [0.15, 0.2) is 0 Å². The number of nitrogens with one attached hydrogen (secondary N) is 2. The first-order chi connectivity index (χ1) is 9.37. The molecule has 2 unspecified atom stereocenters. The van der Waals surface area contributed by atoms with Gasteiger partial charge in [-0.1, -0.05) is 17.7 Å². The molecular formula is C12H16ClFN2O3S. The zero-order valence-corrected chi connectivity index (χ0v) is 12.5. The summed E-state index contributed by atoms with van der Waals surface area (Å²) < 4.78 is 44.6. The standard InChI is InChI=1S/C12H16ClFN2O3S/c1-20(17,18)16-11-7-15-4-5-19-12(11)8-2-3-9(13)10(14)6-8/h2-3,6,11-12,15-16H,4-5,7H2,1H3. The van der Waals surface area contributed by atoms with Crippen LogP contribution in [0.3, 0.4) is 0 Å². The van der Waals surface area contributed by atoms with E-state index in [-0.39, 0.29) is 5.02 Å². The number of sulfonamides is 1. The molecule has 0 aromatic heterocycles. The van der Waals surface area contributed by atoms with Crippen molar-refractivity contribution in [2.45, 2.75) is 12.1 Å². The number of halogens is 2. The Morgan fingerprint density at radius 2 is 2.25 bits per heavy atom. The van der Waals surface area contributed by atoms with Crippen molar-refractivity contribution in [3.8, 4) is 0 Å². The van der Waals surface area contributed by atoms with Crippen LogP contribution >= 0.6 is 11.6 Å². The molecule has 112 valence electrons. The lowest BCUT2D eigenvalue weighted by molar-refractivity contribution is 0.0492. The number of benzene rings is 1. The summed E-state index contributed by atoms with van der Waals surface area (Å²) in [5.74, 6) is -0.553. The molecule has 0 radical (unpaired) electrons. The van der Waals surface area contributed by atoms with E-state index in [4.69, 9.17) is 16.3 Å². The van der Waals surface area contributed by atoms with Crippen LogP contribution in [-0.4, -0.2) is 40.4 Å². The molecule has 1 fully saturated rings. The lowest BCUT2D eigenvalue weighted by atomic mass is 10.0. The minimum absolute atomic E-state index is 0.0214. The summed E-state index contributed by atoms with van der Waals surface area (Å²) >= 11 is 5.65. The Bertz CT molecular complexity index is 582. The van der Waals surface area contributed by atoms with Gasteiger partial charge in [-0.3, -0.25) is 0 Å². The molecule has 20 heavy (non-hydrogen) atoms. The zero-order valence-electron chi connectivity index (χ0n) is 10.9. The van der Waals surface area contributed by atoms with E-state index in [0.717, 1.165) is 6.26 Å². The number of hydrogen-bond donors (Lipinski definition) is 2. The molecule has 1 heterocycles. The van der Waals surface area contributed by atoms with Crippen molar-refractivity contribution in [2.75, 3.05) is 26.0 Å². The Morgan fingerprint density at radius 3 is 2.90 bits per heavy atom. The van der Waals surface area contributed by atoms with Crippen LogP contribution in [0.4, 0.5) is 4.39 Å². The molecule has 0 amide bonds. The third kappa shape index (κ3) is 4.13. The highest BCUT2D eigenvalue weighted by Gasteiger charge is 2.28. The maximum Gasteiger partial charge on any atom is 0.209 e. The smallest absolute Gasteiger partial charge is 0.209 e. The van der Waals surface area contributed by atoms with E-state index in [9.17, 15) is 12.8 Å². The van der Waals surface area contributed by atoms with Gasteiger partial charge >= 0.3 is 0 Å². The van der Waals surface area contributed by atoms with Crippen molar-refractivity contribution >= 4 is 21.6 Å². The van der Waals surface area contributed by atoms with Crippen molar-refractivity contribution in [3.05, 3.63) is 34.6 Å². The van der Waals surface area contributed by atoms with E-state index in [1.165, 1.54) is 12.1 Å². The van der Waals surface area contributed by atoms with E-state index >= 15 is 0 Å². The normalized spacial score (nSPS) is 24.4. The first-order valence-corrected chi connectivity index (χ1v) is 8.38. The van der Waals surface area contributed by atoms with E-state index in [1.807, 2.05) is 0 Å². The summed E-state index contributed by atoms with van der Waals surface area (Å²) in [4.78, 5) is 0. The number of hydrogen-bond acceptors (Lipinski definition) is 4. The predicted octanol–water partition coefficient (Wildman–Crippen LogP) is 1.06. The molecule has 2 rings (SSSR count). The molecule has 2 atom stereocenters. The minimum atomic E-state index is -3.39. The Morgan fingerprint density at radius 1 is 1.50 bits per heavy atom. The Balaban J connectivity index is 2.29. The van der Waals surface area contributed by atoms with E-state index < -0.39 is 28.0 Å². The predicted molar refractivity (Wildman–Crippen MR) is 74.7 cm³/mol. The SMILES string of the molecule is CS(=O)(=O)NC1CNCCOC1c1ccc(Cl)c(F)c1. The van der Waals surface area contributed by atoms with Crippen LogP contribution in [0.5, 0.6) is 0 Å². The lowest BCUT2D eigenvalue weighted by Crippen LogP contribution is -2.44.